The van der Waals surface area contributed by atoms with Crippen molar-refractivity contribution >= 4 is 12.0 Å². The van der Waals surface area contributed by atoms with E-state index in [1.807, 2.05) is 0 Å². The number of ether oxygens (including phenoxy) is 1. The van der Waals surface area contributed by atoms with Gasteiger partial charge in [0.1, 0.15) is 5.75 Å². The zero-order valence-corrected chi connectivity index (χ0v) is 14.8. The summed E-state index contributed by atoms with van der Waals surface area (Å²) in [5, 5.41) is 2.50. The molecular formula is C21H14F4N2O2. The molecule has 148 valence electrons. The molecule has 1 N–H and O–H groups in total. The van der Waals surface area contributed by atoms with E-state index in [4.69, 9.17) is 4.74 Å². The van der Waals surface area contributed by atoms with Gasteiger partial charge in [0.15, 0.2) is 29.0 Å². The average Bonchev–Trinajstić information content (AvgIpc) is 2.71. The number of pyridine rings is 1. The molecule has 0 bridgehead atoms. The number of halogens is 4. The molecule has 1 aromatic heterocycles. The quantitative estimate of drug-likeness (QED) is 0.368. The van der Waals surface area contributed by atoms with Gasteiger partial charge in [0.25, 0.3) is 0 Å². The van der Waals surface area contributed by atoms with Crippen LogP contribution < -0.4 is 10.1 Å². The lowest BCUT2D eigenvalue weighted by molar-refractivity contribution is -0.116. The minimum atomic E-state index is -1.58. The second-order valence-electron chi connectivity index (χ2n) is 5.91. The van der Waals surface area contributed by atoms with Crippen molar-refractivity contribution in [2.24, 2.45) is 0 Å². The highest BCUT2D eigenvalue weighted by atomic mass is 19.2. The van der Waals surface area contributed by atoms with Crippen molar-refractivity contribution in [3.05, 3.63) is 95.3 Å². The maximum atomic E-state index is 14.2. The molecule has 0 aliphatic carbocycles. The first-order chi connectivity index (χ1) is 13.9. The van der Waals surface area contributed by atoms with Crippen molar-refractivity contribution < 1.29 is 27.1 Å². The van der Waals surface area contributed by atoms with Gasteiger partial charge in [-0.1, -0.05) is 6.07 Å². The molecule has 1 amide bonds. The Labute approximate surface area is 163 Å². The summed E-state index contributed by atoms with van der Waals surface area (Å²) in [5.41, 5.74) is 0.459. The molecule has 0 fully saturated rings. The van der Waals surface area contributed by atoms with Crippen LogP contribution in [0.2, 0.25) is 0 Å². The van der Waals surface area contributed by atoms with Gasteiger partial charge in [-0.15, -0.1) is 0 Å². The molecule has 0 aliphatic rings. The molecule has 0 unspecified atom stereocenters. The van der Waals surface area contributed by atoms with Crippen LogP contribution >= 0.6 is 0 Å². The summed E-state index contributed by atoms with van der Waals surface area (Å²) in [7, 11) is 0. The van der Waals surface area contributed by atoms with E-state index in [2.05, 4.69) is 10.3 Å². The van der Waals surface area contributed by atoms with Gasteiger partial charge in [0.2, 0.25) is 5.91 Å². The van der Waals surface area contributed by atoms with Crippen molar-refractivity contribution in [1.29, 1.82) is 0 Å². The van der Waals surface area contributed by atoms with E-state index in [1.165, 1.54) is 18.3 Å². The predicted molar refractivity (Wildman–Crippen MR) is 97.9 cm³/mol. The van der Waals surface area contributed by atoms with E-state index < -0.39 is 29.2 Å². The van der Waals surface area contributed by atoms with Crippen LogP contribution in [-0.2, 0) is 11.3 Å². The number of hydrogen-bond donors (Lipinski definition) is 1. The summed E-state index contributed by atoms with van der Waals surface area (Å²) < 4.78 is 58.7. The lowest BCUT2D eigenvalue weighted by Gasteiger charge is -2.08. The SMILES string of the molecule is O=C(/C=C/c1cc(F)c(F)c(F)c1)NCc1ccc(Oc2cccnc2)c(F)c1. The highest BCUT2D eigenvalue weighted by Gasteiger charge is 2.10. The fourth-order valence-electron chi connectivity index (χ4n) is 2.36. The van der Waals surface area contributed by atoms with Crippen LogP contribution in [0.1, 0.15) is 11.1 Å². The van der Waals surface area contributed by atoms with Crippen molar-refractivity contribution in [3.8, 4) is 11.5 Å². The van der Waals surface area contributed by atoms with E-state index in [0.29, 0.717) is 11.3 Å². The number of aromatic nitrogens is 1. The summed E-state index contributed by atoms with van der Waals surface area (Å²) in [5.74, 6) is -5.09. The van der Waals surface area contributed by atoms with Crippen LogP contribution in [-0.4, -0.2) is 10.9 Å². The first-order valence-electron chi connectivity index (χ1n) is 8.39. The maximum Gasteiger partial charge on any atom is 0.244 e. The van der Waals surface area contributed by atoms with Gasteiger partial charge in [0, 0.05) is 18.8 Å². The lowest BCUT2D eigenvalue weighted by Crippen LogP contribution is -2.20. The predicted octanol–water partition coefficient (Wildman–Crippen LogP) is 4.76. The second kappa shape index (κ2) is 9.01. The molecule has 0 saturated carbocycles. The van der Waals surface area contributed by atoms with Gasteiger partial charge in [0.05, 0.1) is 6.20 Å². The largest absolute Gasteiger partial charge is 0.453 e. The summed E-state index contributed by atoms with van der Waals surface area (Å²) in [6.45, 7) is 0.0133. The van der Waals surface area contributed by atoms with Crippen molar-refractivity contribution in [2.45, 2.75) is 6.54 Å². The minimum absolute atomic E-state index is 0.00772. The van der Waals surface area contributed by atoms with Crippen LogP contribution in [0.5, 0.6) is 11.5 Å². The molecule has 0 radical (unpaired) electrons. The molecule has 0 saturated heterocycles. The summed E-state index contributed by atoms with van der Waals surface area (Å²) in [6, 6.07) is 9.01. The topological polar surface area (TPSA) is 51.2 Å². The third-order valence-corrected chi connectivity index (χ3v) is 3.76. The molecular weight excluding hydrogens is 388 g/mol. The summed E-state index contributed by atoms with van der Waals surface area (Å²) in [4.78, 5) is 15.7. The van der Waals surface area contributed by atoms with Crippen LogP contribution in [0, 0.1) is 23.3 Å². The van der Waals surface area contributed by atoms with E-state index in [-0.39, 0.29) is 17.9 Å². The Morgan fingerprint density at radius 2 is 1.79 bits per heavy atom. The highest BCUT2D eigenvalue weighted by molar-refractivity contribution is 5.91. The first kappa shape index (κ1) is 20.1. The van der Waals surface area contributed by atoms with E-state index in [1.54, 1.807) is 24.4 Å². The van der Waals surface area contributed by atoms with E-state index >= 15 is 0 Å². The van der Waals surface area contributed by atoms with Crippen LogP contribution in [0.15, 0.2) is 60.9 Å². The molecule has 0 spiro atoms. The molecule has 1 heterocycles. The molecule has 29 heavy (non-hydrogen) atoms. The number of rotatable bonds is 6. The summed E-state index contributed by atoms with van der Waals surface area (Å²) >= 11 is 0. The summed E-state index contributed by atoms with van der Waals surface area (Å²) in [6.07, 6.45) is 5.17. The lowest BCUT2D eigenvalue weighted by atomic mass is 10.2. The molecule has 0 aliphatic heterocycles. The number of benzene rings is 2. The number of carbonyl (C=O) groups excluding carboxylic acids is 1. The Kier molecular flexibility index (Phi) is 6.23. The monoisotopic (exact) mass is 402 g/mol. The number of nitrogens with one attached hydrogen (secondary N) is 1. The van der Waals surface area contributed by atoms with Gasteiger partial charge in [-0.2, -0.15) is 0 Å². The van der Waals surface area contributed by atoms with Gasteiger partial charge in [-0.05, 0) is 53.6 Å². The number of amides is 1. The van der Waals surface area contributed by atoms with Crippen molar-refractivity contribution in [3.63, 3.8) is 0 Å². The zero-order chi connectivity index (χ0) is 20.8. The number of carbonyl (C=O) groups is 1. The molecule has 3 rings (SSSR count). The molecule has 4 nitrogen and oxygen atoms in total. The van der Waals surface area contributed by atoms with Gasteiger partial charge >= 0.3 is 0 Å². The Hall–Kier alpha value is -3.68. The van der Waals surface area contributed by atoms with Crippen molar-refractivity contribution in [1.82, 2.24) is 10.3 Å². The third kappa shape index (κ3) is 5.41. The average molecular weight is 402 g/mol. The third-order valence-electron chi connectivity index (χ3n) is 3.76. The highest BCUT2D eigenvalue weighted by Crippen LogP contribution is 2.24. The molecule has 0 atom stereocenters. The van der Waals surface area contributed by atoms with Crippen LogP contribution in [0.4, 0.5) is 17.6 Å². The van der Waals surface area contributed by atoms with Gasteiger partial charge in [-0.3, -0.25) is 9.78 Å². The maximum absolute atomic E-state index is 14.2. The van der Waals surface area contributed by atoms with Crippen molar-refractivity contribution in [2.75, 3.05) is 0 Å². The Bertz CT molecular complexity index is 1030. The molecule has 3 aromatic rings. The normalized spacial score (nSPS) is 10.9. The first-order valence-corrected chi connectivity index (χ1v) is 8.39. The zero-order valence-electron chi connectivity index (χ0n) is 14.8. The molecule has 2 aromatic carbocycles. The molecule has 8 heteroatoms. The van der Waals surface area contributed by atoms with Crippen LogP contribution in [0.3, 0.4) is 0 Å². The Morgan fingerprint density at radius 3 is 2.45 bits per heavy atom. The second-order valence-corrected chi connectivity index (χ2v) is 5.91. The van der Waals surface area contributed by atoms with Gasteiger partial charge < -0.3 is 10.1 Å². The van der Waals surface area contributed by atoms with Gasteiger partial charge in [-0.25, -0.2) is 17.6 Å². The minimum Gasteiger partial charge on any atom is -0.453 e. The Morgan fingerprint density at radius 1 is 1.03 bits per heavy atom. The smallest absolute Gasteiger partial charge is 0.244 e. The number of nitrogens with zero attached hydrogens (tertiary/aromatic N) is 1. The standard InChI is InChI=1S/C21H14F4N2O2/c22-16-10-14(3-5-19(16)29-15-2-1-7-26-12-15)11-27-20(28)6-4-13-8-17(23)21(25)18(24)9-13/h1-10,12H,11H2,(H,27,28)/b6-4+. The Balaban J connectivity index is 1.58. The van der Waals surface area contributed by atoms with E-state index in [9.17, 15) is 22.4 Å². The van der Waals surface area contributed by atoms with E-state index in [0.717, 1.165) is 24.3 Å². The fraction of sp³-hybridized carbons (Fsp3) is 0.0476. The number of hydrogen-bond acceptors (Lipinski definition) is 3. The van der Waals surface area contributed by atoms with Crippen LogP contribution in [0.25, 0.3) is 6.08 Å². The fourth-order valence-corrected chi connectivity index (χ4v) is 2.36.